The Morgan fingerprint density at radius 2 is 2.20 bits per heavy atom. The van der Waals surface area contributed by atoms with Gasteiger partial charge in [0.15, 0.2) is 5.76 Å². The molecule has 2 aromatic heterocycles. The Hall–Kier alpha value is -2.74. The van der Waals surface area contributed by atoms with Gasteiger partial charge in [-0.05, 0) is 55.5 Å². The summed E-state index contributed by atoms with van der Waals surface area (Å²) in [6.45, 7) is 1.05. The maximum Gasteiger partial charge on any atom is 0.289 e. The second-order valence-corrected chi connectivity index (χ2v) is 8.54. The van der Waals surface area contributed by atoms with Gasteiger partial charge in [0.05, 0.1) is 29.3 Å². The van der Waals surface area contributed by atoms with Crippen molar-refractivity contribution in [3.8, 4) is 0 Å². The van der Waals surface area contributed by atoms with Gasteiger partial charge in [0.25, 0.3) is 5.91 Å². The molecule has 1 saturated heterocycles. The monoisotopic (exact) mass is 426 g/mol. The molecule has 2 N–H and O–H groups in total. The number of H-pyrrole nitrogens is 1. The third-order valence-corrected chi connectivity index (χ3v) is 6.12. The largest absolute Gasteiger partial charge is 0.459 e. The van der Waals surface area contributed by atoms with Gasteiger partial charge in [-0.3, -0.25) is 9.59 Å². The number of para-hydroxylation sites is 2. The molecule has 8 heteroatoms. The highest BCUT2D eigenvalue weighted by atomic mass is 32.2. The van der Waals surface area contributed by atoms with Crippen LogP contribution < -0.4 is 5.32 Å². The van der Waals surface area contributed by atoms with Crippen LogP contribution >= 0.6 is 11.8 Å². The number of hydrogen-bond acceptors (Lipinski definition) is 5. The van der Waals surface area contributed by atoms with Crippen molar-refractivity contribution in [2.45, 2.75) is 25.3 Å². The number of carbonyl (C=O) groups is 2. The molecule has 2 amide bonds. The minimum Gasteiger partial charge on any atom is -0.459 e. The molecule has 3 heterocycles. The van der Waals surface area contributed by atoms with Gasteiger partial charge in [0, 0.05) is 13.1 Å². The van der Waals surface area contributed by atoms with E-state index in [-0.39, 0.29) is 23.8 Å². The van der Waals surface area contributed by atoms with Crippen molar-refractivity contribution in [3.63, 3.8) is 0 Å². The molecule has 4 rings (SSSR count). The van der Waals surface area contributed by atoms with Gasteiger partial charge in [0.2, 0.25) is 5.91 Å². The fraction of sp³-hybridized carbons (Fsp3) is 0.409. The first-order chi connectivity index (χ1) is 14.7. The van der Waals surface area contributed by atoms with E-state index in [1.54, 1.807) is 28.8 Å². The number of imidazole rings is 1. The lowest BCUT2D eigenvalue weighted by molar-refractivity contribution is -0.127. The van der Waals surface area contributed by atoms with Crippen LogP contribution in [-0.2, 0) is 4.79 Å². The minimum atomic E-state index is -0.237. The topological polar surface area (TPSA) is 91.2 Å². The summed E-state index contributed by atoms with van der Waals surface area (Å²) in [6, 6.07) is 11.0. The molecule has 3 aromatic rings. The number of nitrogens with zero attached hydrogens (tertiary/aromatic N) is 2. The summed E-state index contributed by atoms with van der Waals surface area (Å²) in [5.74, 6) is 1.58. The number of aromatic amines is 1. The maximum absolute atomic E-state index is 13.1. The van der Waals surface area contributed by atoms with Crippen molar-refractivity contribution in [2.75, 3.05) is 25.1 Å². The molecule has 0 unspecified atom stereocenters. The zero-order valence-electron chi connectivity index (χ0n) is 17.0. The number of aromatic nitrogens is 2. The van der Waals surface area contributed by atoms with Gasteiger partial charge >= 0.3 is 0 Å². The average Bonchev–Trinajstić information content (AvgIpc) is 3.46. The van der Waals surface area contributed by atoms with Gasteiger partial charge in [-0.25, -0.2) is 4.98 Å². The van der Waals surface area contributed by atoms with Crippen LogP contribution in [0.2, 0.25) is 0 Å². The summed E-state index contributed by atoms with van der Waals surface area (Å²) in [6.07, 6.45) is 5.89. The second kappa shape index (κ2) is 9.38. The van der Waals surface area contributed by atoms with Crippen LogP contribution in [-0.4, -0.2) is 51.8 Å². The van der Waals surface area contributed by atoms with Gasteiger partial charge in [-0.1, -0.05) is 12.1 Å². The second-order valence-electron chi connectivity index (χ2n) is 7.55. The van der Waals surface area contributed by atoms with E-state index in [1.807, 2.05) is 24.3 Å². The quantitative estimate of drug-likeness (QED) is 0.602. The molecule has 0 aliphatic carbocycles. The molecule has 1 aromatic carbocycles. The van der Waals surface area contributed by atoms with Crippen molar-refractivity contribution < 1.29 is 14.0 Å². The van der Waals surface area contributed by atoms with E-state index in [9.17, 15) is 9.59 Å². The summed E-state index contributed by atoms with van der Waals surface area (Å²) in [7, 11) is 0. The highest BCUT2D eigenvalue weighted by molar-refractivity contribution is 7.98. The number of thioether (sulfide) groups is 1. The molecular weight excluding hydrogens is 400 g/mol. The summed E-state index contributed by atoms with van der Waals surface area (Å²) in [5.41, 5.74) is 1.85. The summed E-state index contributed by atoms with van der Waals surface area (Å²) >= 11 is 1.74. The van der Waals surface area contributed by atoms with Gasteiger partial charge in [0.1, 0.15) is 5.82 Å². The fourth-order valence-corrected chi connectivity index (χ4v) is 4.34. The van der Waals surface area contributed by atoms with Crippen LogP contribution in [0.15, 0.2) is 47.1 Å². The lowest BCUT2D eigenvalue weighted by Gasteiger charge is -2.32. The summed E-state index contributed by atoms with van der Waals surface area (Å²) in [5, 5.41) is 3.19. The predicted octanol–water partition coefficient (Wildman–Crippen LogP) is 3.62. The number of furan rings is 1. The Labute approximate surface area is 179 Å². The Morgan fingerprint density at radius 3 is 2.97 bits per heavy atom. The standard InChI is InChI=1S/C22H26N4O3S/c1-30-13-10-18(20-23-16-7-2-3-8-17(16)24-20)25-21(27)15-6-4-11-26(14-15)22(28)19-9-5-12-29-19/h2-3,5,7-9,12,15,18H,4,6,10-11,13-14H2,1H3,(H,23,24)(H,25,27)/t15-,18+/m1/s1. The number of piperidine rings is 1. The molecule has 0 spiro atoms. The van der Waals surface area contributed by atoms with Crippen LogP contribution in [0, 0.1) is 5.92 Å². The van der Waals surface area contributed by atoms with Crippen molar-refractivity contribution in [1.82, 2.24) is 20.2 Å². The average molecular weight is 427 g/mol. The molecule has 2 atom stereocenters. The van der Waals surface area contributed by atoms with Crippen LogP contribution in [0.4, 0.5) is 0 Å². The molecule has 0 bridgehead atoms. The van der Waals surface area contributed by atoms with Crippen molar-refractivity contribution in [2.24, 2.45) is 5.92 Å². The summed E-state index contributed by atoms with van der Waals surface area (Å²) in [4.78, 5) is 35.4. The van der Waals surface area contributed by atoms with E-state index >= 15 is 0 Å². The van der Waals surface area contributed by atoms with Gasteiger partial charge < -0.3 is 19.6 Å². The fourth-order valence-electron chi connectivity index (χ4n) is 3.87. The normalized spacial score (nSPS) is 17.8. The van der Waals surface area contributed by atoms with Gasteiger partial charge in [-0.15, -0.1) is 0 Å². The smallest absolute Gasteiger partial charge is 0.289 e. The first kappa shape index (κ1) is 20.5. The highest BCUT2D eigenvalue weighted by Gasteiger charge is 2.31. The van der Waals surface area contributed by atoms with Crippen LogP contribution in [0.5, 0.6) is 0 Å². The van der Waals surface area contributed by atoms with Crippen LogP contribution in [0.3, 0.4) is 0 Å². The van der Waals surface area contributed by atoms with E-state index in [4.69, 9.17) is 4.42 Å². The molecule has 158 valence electrons. The van der Waals surface area contributed by atoms with E-state index in [0.717, 1.165) is 41.9 Å². The molecule has 30 heavy (non-hydrogen) atoms. The van der Waals surface area contributed by atoms with E-state index < -0.39 is 0 Å². The number of fused-ring (bicyclic) bond motifs is 1. The number of amides is 2. The van der Waals surface area contributed by atoms with E-state index in [0.29, 0.717) is 18.8 Å². The predicted molar refractivity (Wildman–Crippen MR) is 117 cm³/mol. The molecule has 0 saturated carbocycles. The molecule has 7 nitrogen and oxygen atoms in total. The number of rotatable bonds is 7. The number of nitrogens with one attached hydrogen (secondary N) is 2. The lowest BCUT2D eigenvalue weighted by atomic mass is 9.96. The Kier molecular flexibility index (Phi) is 6.42. The Morgan fingerprint density at radius 1 is 1.33 bits per heavy atom. The number of hydrogen-bond donors (Lipinski definition) is 2. The van der Waals surface area contributed by atoms with Crippen molar-refractivity contribution in [3.05, 3.63) is 54.2 Å². The van der Waals surface area contributed by atoms with Crippen LogP contribution in [0.1, 0.15) is 41.7 Å². The van der Waals surface area contributed by atoms with Crippen molar-refractivity contribution >= 4 is 34.6 Å². The first-order valence-electron chi connectivity index (χ1n) is 10.2. The molecule has 1 aliphatic heterocycles. The number of carbonyl (C=O) groups excluding carboxylic acids is 2. The molecule has 0 radical (unpaired) electrons. The summed E-state index contributed by atoms with van der Waals surface area (Å²) < 4.78 is 5.23. The Bertz CT molecular complexity index is 968. The third-order valence-electron chi connectivity index (χ3n) is 5.48. The van der Waals surface area contributed by atoms with E-state index in [2.05, 4.69) is 21.5 Å². The lowest BCUT2D eigenvalue weighted by Crippen LogP contribution is -2.46. The molecular formula is C22H26N4O3S. The van der Waals surface area contributed by atoms with Crippen LogP contribution in [0.25, 0.3) is 11.0 Å². The zero-order chi connectivity index (χ0) is 20.9. The van der Waals surface area contributed by atoms with Gasteiger partial charge in [-0.2, -0.15) is 11.8 Å². The zero-order valence-corrected chi connectivity index (χ0v) is 17.8. The first-order valence-corrected chi connectivity index (χ1v) is 11.6. The number of likely N-dealkylation sites (tertiary alicyclic amines) is 1. The maximum atomic E-state index is 13.1. The molecule has 1 aliphatic rings. The highest BCUT2D eigenvalue weighted by Crippen LogP contribution is 2.23. The number of benzene rings is 1. The Balaban J connectivity index is 1.45. The third kappa shape index (κ3) is 4.53. The van der Waals surface area contributed by atoms with Crippen molar-refractivity contribution in [1.29, 1.82) is 0 Å². The minimum absolute atomic E-state index is 0.0292. The SMILES string of the molecule is CSCC[C@H](NC(=O)[C@@H]1CCCN(C(=O)c2ccco2)C1)c1nc2ccccc2[nH]1. The molecule has 1 fully saturated rings. The van der Waals surface area contributed by atoms with E-state index in [1.165, 1.54) is 6.26 Å².